The van der Waals surface area contributed by atoms with Crippen LogP contribution in [0, 0.1) is 12.8 Å². The molecule has 0 aliphatic heterocycles. The van der Waals surface area contributed by atoms with Gasteiger partial charge in [-0.05, 0) is 37.5 Å². The van der Waals surface area contributed by atoms with Crippen LogP contribution in [0.1, 0.15) is 26.3 Å². The van der Waals surface area contributed by atoms with Gasteiger partial charge < -0.3 is 9.84 Å². The van der Waals surface area contributed by atoms with Crippen LogP contribution >= 0.6 is 0 Å². The number of hydrogen-bond donors (Lipinski definition) is 1. The Kier molecular flexibility index (Phi) is 3.39. The van der Waals surface area contributed by atoms with E-state index in [0.29, 0.717) is 5.92 Å². The Balaban J connectivity index is 2.76. The maximum atomic E-state index is 9.37. The lowest BCUT2D eigenvalue weighted by molar-refractivity contribution is 0.170. The summed E-state index contributed by atoms with van der Waals surface area (Å²) in [5, 5.41) is 9.37. The molecule has 0 saturated carbocycles. The van der Waals surface area contributed by atoms with Gasteiger partial charge in [-0.3, -0.25) is 0 Å². The molecule has 1 unspecified atom stereocenters. The quantitative estimate of drug-likeness (QED) is 0.801. The van der Waals surface area contributed by atoms with Gasteiger partial charge in [0, 0.05) is 6.07 Å². The minimum absolute atomic E-state index is 0.163. The van der Waals surface area contributed by atoms with Gasteiger partial charge in [-0.2, -0.15) is 0 Å². The van der Waals surface area contributed by atoms with Gasteiger partial charge in [0.2, 0.25) is 0 Å². The molecule has 2 heteroatoms. The lowest BCUT2D eigenvalue weighted by Gasteiger charge is -2.18. The molecule has 0 aromatic heterocycles. The lowest BCUT2D eigenvalue weighted by Crippen LogP contribution is -2.18. The molecule has 1 N–H and O–H groups in total. The zero-order chi connectivity index (χ0) is 10.7. The third-order valence-electron chi connectivity index (χ3n) is 2.30. The standard InChI is InChI=1S/C12H18O2/c1-8(2)10(4)14-12-6-9(3)5-11(13)7-12/h5-8,10,13H,1-4H3. The van der Waals surface area contributed by atoms with Crippen molar-refractivity contribution < 1.29 is 9.84 Å². The highest BCUT2D eigenvalue weighted by atomic mass is 16.5. The van der Waals surface area contributed by atoms with Gasteiger partial charge in [-0.1, -0.05) is 13.8 Å². The lowest BCUT2D eigenvalue weighted by atomic mass is 10.1. The van der Waals surface area contributed by atoms with Crippen LogP contribution in [0.3, 0.4) is 0 Å². The first kappa shape index (κ1) is 10.9. The molecule has 0 heterocycles. The topological polar surface area (TPSA) is 29.5 Å². The molecule has 14 heavy (non-hydrogen) atoms. The summed E-state index contributed by atoms with van der Waals surface area (Å²) < 4.78 is 5.68. The molecule has 0 amide bonds. The number of ether oxygens (including phenoxy) is 1. The van der Waals surface area contributed by atoms with E-state index in [1.165, 1.54) is 0 Å². The molecular formula is C12H18O2. The van der Waals surface area contributed by atoms with E-state index < -0.39 is 0 Å². The van der Waals surface area contributed by atoms with E-state index in [1.807, 2.05) is 19.9 Å². The average Bonchev–Trinajstić information content (AvgIpc) is 2.01. The van der Waals surface area contributed by atoms with Gasteiger partial charge in [0.05, 0.1) is 6.10 Å². The predicted octanol–water partition coefficient (Wildman–Crippen LogP) is 3.12. The first-order valence-electron chi connectivity index (χ1n) is 4.96. The number of phenols is 1. The number of aryl methyl sites for hydroxylation is 1. The van der Waals surface area contributed by atoms with Gasteiger partial charge in [0.15, 0.2) is 0 Å². The molecule has 78 valence electrons. The maximum absolute atomic E-state index is 9.37. The first-order chi connectivity index (χ1) is 6.49. The highest BCUT2D eigenvalue weighted by Gasteiger charge is 2.09. The van der Waals surface area contributed by atoms with Crippen molar-refractivity contribution in [3.63, 3.8) is 0 Å². The molecule has 0 spiro atoms. The Hall–Kier alpha value is -1.18. The molecule has 0 saturated heterocycles. The fourth-order valence-corrected chi connectivity index (χ4v) is 1.15. The van der Waals surface area contributed by atoms with Crippen LogP contribution in [0.2, 0.25) is 0 Å². The van der Waals surface area contributed by atoms with E-state index >= 15 is 0 Å². The van der Waals surface area contributed by atoms with Crippen molar-refractivity contribution in [2.75, 3.05) is 0 Å². The normalized spacial score (nSPS) is 12.9. The second-order valence-corrected chi connectivity index (χ2v) is 4.07. The van der Waals surface area contributed by atoms with Gasteiger partial charge >= 0.3 is 0 Å². The minimum atomic E-state index is 0.163. The van der Waals surface area contributed by atoms with Gasteiger partial charge in [-0.25, -0.2) is 0 Å². The van der Waals surface area contributed by atoms with Crippen LogP contribution in [0.4, 0.5) is 0 Å². The van der Waals surface area contributed by atoms with Crippen molar-refractivity contribution in [1.82, 2.24) is 0 Å². The van der Waals surface area contributed by atoms with Crippen molar-refractivity contribution >= 4 is 0 Å². The fraction of sp³-hybridized carbons (Fsp3) is 0.500. The molecule has 0 fully saturated rings. The number of benzene rings is 1. The average molecular weight is 194 g/mol. The third-order valence-corrected chi connectivity index (χ3v) is 2.30. The van der Waals surface area contributed by atoms with Crippen molar-refractivity contribution in [3.05, 3.63) is 23.8 Å². The van der Waals surface area contributed by atoms with Gasteiger partial charge in [0.25, 0.3) is 0 Å². The summed E-state index contributed by atoms with van der Waals surface area (Å²) in [4.78, 5) is 0. The highest BCUT2D eigenvalue weighted by Crippen LogP contribution is 2.23. The van der Waals surface area contributed by atoms with Gasteiger partial charge in [0.1, 0.15) is 11.5 Å². The summed E-state index contributed by atoms with van der Waals surface area (Å²) in [5.41, 5.74) is 1.01. The first-order valence-corrected chi connectivity index (χ1v) is 4.96. The van der Waals surface area contributed by atoms with Crippen LogP contribution in [0.15, 0.2) is 18.2 Å². The zero-order valence-electron chi connectivity index (χ0n) is 9.24. The van der Waals surface area contributed by atoms with Crippen LogP contribution < -0.4 is 4.74 Å². The molecule has 1 rings (SSSR count). The molecule has 1 aromatic carbocycles. The Labute approximate surface area is 85.5 Å². The molecule has 2 nitrogen and oxygen atoms in total. The van der Waals surface area contributed by atoms with E-state index in [1.54, 1.807) is 12.1 Å². The van der Waals surface area contributed by atoms with Crippen LogP contribution in [-0.2, 0) is 0 Å². The molecule has 0 bridgehead atoms. The van der Waals surface area contributed by atoms with E-state index in [9.17, 15) is 5.11 Å². The molecule has 0 radical (unpaired) electrons. The fourth-order valence-electron chi connectivity index (χ4n) is 1.15. The van der Waals surface area contributed by atoms with E-state index in [4.69, 9.17) is 4.74 Å². The Morgan fingerprint density at radius 2 is 1.79 bits per heavy atom. The Morgan fingerprint density at radius 1 is 1.14 bits per heavy atom. The summed E-state index contributed by atoms with van der Waals surface area (Å²) in [6.07, 6.45) is 0.163. The summed E-state index contributed by atoms with van der Waals surface area (Å²) >= 11 is 0. The summed E-state index contributed by atoms with van der Waals surface area (Å²) in [6, 6.07) is 5.29. The third kappa shape index (κ3) is 2.95. The van der Waals surface area contributed by atoms with E-state index in [0.717, 1.165) is 11.3 Å². The summed E-state index contributed by atoms with van der Waals surface area (Å²) in [6.45, 7) is 8.19. The number of aromatic hydroxyl groups is 1. The van der Waals surface area contributed by atoms with Crippen molar-refractivity contribution in [1.29, 1.82) is 0 Å². The largest absolute Gasteiger partial charge is 0.508 e. The van der Waals surface area contributed by atoms with Crippen molar-refractivity contribution in [3.8, 4) is 11.5 Å². The number of phenolic OH excluding ortho intramolecular Hbond substituents is 1. The number of rotatable bonds is 3. The second-order valence-electron chi connectivity index (χ2n) is 4.07. The summed E-state index contributed by atoms with van der Waals surface area (Å²) in [7, 11) is 0. The molecule has 0 aliphatic rings. The van der Waals surface area contributed by atoms with Crippen molar-refractivity contribution in [2.45, 2.75) is 33.8 Å². The molecule has 0 aliphatic carbocycles. The summed E-state index contributed by atoms with van der Waals surface area (Å²) in [5.74, 6) is 1.47. The minimum Gasteiger partial charge on any atom is -0.508 e. The number of hydrogen-bond acceptors (Lipinski definition) is 2. The second kappa shape index (κ2) is 4.36. The highest BCUT2D eigenvalue weighted by molar-refractivity contribution is 5.36. The Bertz CT molecular complexity index is 285. The van der Waals surface area contributed by atoms with Gasteiger partial charge in [-0.15, -0.1) is 0 Å². The van der Waals surface area contributed by atoms with Crippen LogP contribution in [0.5, 0.6) is 11.5 Å². The SMILES string of the molecule is Cc1cc(O)cc(OC(C)C(C)C)c1. The molecule has 1 atom stereocenters. The monoisotopic (exact) mass is 194 g/mol. The van der Waals surface area contributed by atoms with Crippen molar-refractivity contribution in [2.24, 2.45) is 5.92 Å². The van der Waals surface area contributed by atoms with E-state index in [-0.39, 0.29) is 11.9 Å². The predicted molar refractivity (Wildman–Crippen MR) is 57.8 cm³/mol. The van der Waals surface area contributed by atoms with Crippen LogP contribution in [0.25, 0.3) is 0 Å². The zero-order valence-corrected chi connectivity index (χ0v) is 9.24. The maximum Gasteiger partial charge on any atom is 0.123 e. The smallest absolute Gasteiger partial charge is 0.123 e. The van der Waals surface area contributed by atoms with E-state index in [2.05, 4.69) is 13.8 Å². The Morgan fingerprint density at radius 3 is 2.29 bits per heavy atom. The molecule has 1 aromatic rings. The van der Waals surface area contributed by atoms with Crippen LogP contribution in [-0.4, -0.2) is 11.2 Å². The molecular weight excluding hydrogens is 176 g/mol.